The predicted octanol–water partition coefficient (Wildman–Crippen LogP) is 3.30. The fourth-order valence-electron chi connectivity index (χ4n) is 1.94. The Bertz CT molecular complexity index is 720. The first-order valence-electron chi connectivity index (χ1n) is 8.08. The SMILES string of the molecule is CC(C)CNC(=O)C(C)Sc1nnc(COc2ccccc2Cl)n1C. The first-order valence-corrected chi connectivity index (χ1v) is 9.34. The van der Waals surface area contributed by atoms with Gasteiger partial charge in [-0.25, -0.2) is 0 Å². The van der Waals surface area contributed by atoms with Gasteiger partial charge in [-0.05, 0) is 25.0 Å². The van der Waals surface area contributed by atoms with E-state index in [2.05, 4.69) is 29.4 Å². The van der Waals surface area contributed by atoms with Crippen molar-refractivity contribution in [2.45, 2.75) is 37.8 Å². The largest absolute Gasteiger partial charge is 0.484 e. The molecule has 0 fully saturated rings. The van der Waals surface area contributed by atoms with Crippen molar-refractivity contribution in [2.75, 3.05) is 6.54 Å². The lowest BCUT2D eigenvalue weighted by atomic mass is 10.2. The van der Waals surface area contributed by atoms with Crippen molar-refractivity contribution in [1.29, 1.82) is 0 Å². The third-order valence-corrected chi connectivity index (χ3v) is 4.90. The van der Waals surface area contributed by atoms with Crippen LogP contribution < -0.4 is 10.1 Å². The summed E-state index contributed by atoms with van der Waals surface area (Å²) in [6, 6.07) is 7.27. The van der Waals surface area contributed by atoms with E-state index in [1.54, 1.807) is 12.1 Å². The van der Waals surface area contributed by atoms with Gasteiger partial charge in [0.05, 0.1) is 10.3 Å². The molecule has 0 saturated heterocycles. The minimum Gasteiger partial charge on any atom is -0.484 e. The number of aromatic nitrogens is 3. The number of hydrogen-bond donors (Lipinski definition) is 1. The van der Waals surface area contributed by atoms with Crippen LogP contribution in [0.2, 0.25) is 5.02 Å². The van der Waals surface area contributed by atoms with E-state index in [-0.39, 0.29) is 17.8 Å². The highest BCUT2D eigenvalue weighted by atomic mass is 35.5. The average Bonchev–Trinajstić information content (AvgIpc) is 2.92. The molecule has 1 amide bonds. The zero-order valence-electron chi connectivity index (χ0n) is 14.8. The quantitative estimate of drug-likeness (QED) is 0.709. The predicted molar refractivity (Wildman–Crippen MR) is 100.0 cm³/mol. The Hall–Kier alpha value is -1.73. The van der Waals surface area contributed by atoms with E-state index in [0.29, 0.717) is 34.2 Å². The van der Waals surface area contributed by atoms with Gasteiger partial charge in [-0.1, -0.05) is 49.3 Å². The summed E-state index contributed by atoms with van der Waals surface area (Å²) < 4.78 is 7.52. The molecule has 8 heteroatoms. The third kappa shape index (κ3) is 5.64. The van der Waals surface area contributed by atoms with Gasteiger partial charge in [-0.2, -0.15) is 0 Å². The van der Waals surface area contributed by atoms with Crippen LogP contribution in [0.15, 0.2) is 29.4 Å². The van der Waals surface area contributed by atoms with Crippen LogP contribution in [0, 0.1) is 5.92 Å². The van der Waals surface area contributed by atoms with Crippen LogP contribution >= 0.6 is 23.4 Å². The zero-order valence-corrected chi connectivity index (χ0v) is 16.4. The highest BCUT2D eigenvalue weighted by Gasteiger charge is 2.19. The summed E-state index contributed by atoms with van der Waals surface area (Å²) in [5, 5.41) is 12.2. The van der Waals surface area contributed by atoms with Crippen molar-refractivity contribution < 1.29 is 9.53 Å². The average molecular weight is 383 g/mol. The van der Waals surface area contributed by atoms with Crippen molar-refractivity contribution in [3.05, 3.63) is 35.1 Å². The Labute approximate surface area is 157 Å². The van der Waals surface area contributed by atoms with Gasteiger partial charge in [0.25, 0.3) is 0 Å². The van der Waals surface area contributed by atoms with Crippen molar-refractivity contribution >= 4 is 29.3 Å². The van der Waals surface area contributed by atoms with Gasteiger partial charge in [0.2, 0.25) is 5.91 Å². The van der Waals surface area contributed by atoms with Crippen LogP contribution in [0.4, 0.5) is 0 Å². The number of carbonyl (C=O) groups excluding carboxylic acids is 1. The lowest BCUT2D eigenvalue weighted by Gasteiger charge is -2.13. The molecule has 1 atom stereocenters. The number of nitrogens with one attached hydrogen (secondary N) is 1. The number of benzene rings is 1. The molecular weight excluding hydrogens is 360 g/mol. The molecule has 0 saturated carbocycles. The van der Waals surface area contributed by atoms with Crippen LogP contribution in [0.3, 0.4) is 0 Å². The molecule has 6 nitrogen and oxygen atoms in total. The van der Waals surface area contributed by atoms with Crippen LogP contribution in [0.1, 0.15) is 26.6 Å². The lowest BCUT2D eigenvalue weighted by molar-refractivity contribution is -0.120. The number of thioether (sulfide) groups is 1. The summed E-state index contributed by atoms with van der Waals surface area (Å²) in [5.41, 5.74) is 0. The fraction of sp³-hybridized carbons (Fsp3) is 0.471. The van der Waals surface area contributed by atoms with Crippen molar-refractivity contribution in [1.82, 2.24) is 20.1 Å². The number of nitrogens with zero attached hydrogens (tertiary/aromatic N) is 3. The van der Waals surface area contributed by atoms with Gasteiger partial charge in [0.15, 0.2) is 11.0 Å². The summed E-state index contributed by atoms with van der Waals surface area (Å²) in [6.07, 6.45) is 0. The lowest BCUT2D eigenvalue weighted by Crippen LogP contribution is -2.33. The molecule has 0 radical (unpaired) electrons. The Balaban J connectivity index is 1.94. The molecule has 0 aliphatic carbocycles. The fourth-order valence-corrected chi connectivity index (χ4v) is 2.99. The summed E-state index contributed by atoms with van der Waals surface area (Å²) in [7, 11) is 1.85. The van der Waals surface area contributed by atoms with Gasteiger partial charge in [-0.15, -0.1) is 10.2 Å². The highest BCUT2D eigenvalue weighted by Crippen LogP contribution is 2.25. The van der Waals surface area contributed by atoms with Gasteiger partial charge >= 0.3 is 0 Å². The van der Waals surface area contributed by atoms with E-state index in [0.717, 1.165) is 0 Å². The number of ether oxygens (including phenoxy) is 1. The molecule has 1 unspecified atom stereocenters. The van der Waals surface area contributed by atoms with E-state index in [1.807, 2.05) is 30.7 Å². The molecule has 0 spiro atoms. The van der Waals surface area contributed by atoms with Crippen LogP contribution in [0.25, 0.3) is 0 Å². The Morgan fingerprint density at radius 3 is 2.72 bits per heavy atom. The maximum atomic E-state index is 12.1. The molecule has 0 aliphatic heterocycles. The Kier molecular flexibility index (Phi) is 7.13. The number of carbonyl (C=O) groups is 1. The Morgan fingerprint density at radius 2 is 2.04 bits per heavy atom. The standard InChI is InChI=1S/C17H23ClN4O2S/c1-11(2)9-19-16(23)12(3)25-17-21-20-15(22(17)4)10-24-14-8-6-5-7-13(14)18/h5-8,11-12H,9-10H2,1-4H3,(H,19,23). The number of rotatable bonds is 8. The maximum Gasteiger partial charge on any atom is 0.233 e. The Morgan fingerprint density at radius 1 is 1.32 bits per heavy atom. The minimum atomic E-state index is -0.251. The maximum absolute atomic E-state index is 12.1. The minimum absolute atomic E-state index is 0.00410. The molecule has 0 aliphatic rings. The van der Waals surface area contributed by atoms with Crippen LogP contribution in [-0.2, 0) is 18.4 Å². The van der Waals surface area contributed by atoms with Gasteiger partial charge in [0, 0.05) is 13.6 Å². The molecule has 1 heterocycles. The zero-order chi connectivity index (χ0) is 18.4. The summed E-state index contributed by atoms with van der Waals surface area (Å²) in [5.74, 6) is 1.68. The second-order valence-corrected chi connectivity index (χ2v) is 7.79. The van der Waals surface area contributed by atoms with E-state index >= 15 is 0 Å². The molecule has 25 heavy (non-hydrogen) atoms. The van der Waals surface area contributed by atoms with Crippen molar-refractivity contribution in [3.63, 3.8) is 0 Å². The number of amides is 1. The summed E-state index contributed by atoms with van der Waals surface area (Å²) >= 11 is 7.45. The molecule has 1 aromatic heterocycles. The molecular formula is C17H23ClN4O2S. The first-order chi connectivity index (χ1) is 11.9. The molecule has 2 aromatic rings. The second-order valence-electron chi connectivity index (χ2n) is 6.08. The van der Waals surface area contributed by atoms with E-state index in [1.165, 1.54) is 11.8 Å². The third-order valence-electron chi connectivity index (χ3n) is 3.45. The summed E-state index contributed by atoms with van der Waals surface area (Å²) in [4.78, 5) is 12.1. The molecule has 0 bridgehead atoms. The van der Waals surface area contributed by atoms with E-state index in [9.17, 15) is 4.79 Å². The van der Waals surface area contributed by atoms with Crippen molar-refractivity contribution in [3.8, 4) is 5.75 Å². The van der Waals surface area contributed by atoms with Gasteiger partial charge < -0.3 is 14.6 Å². The topological polar surface area (TPSA) is 69.0 Å². The van der Waals surface area contributed by atoms with Gasteiger partial charge in [-0.3, -0.25) is 4.79 Å². The molecule has 2 rings (SSSR count). The van der Waals surface area contributed by atoms with Crippen LogP contribution in [-0.4, -0.2) is 32.5 Å². The highest BCUT2D eigenvalue weighted by molar-refractivity contribution is 8.00. The number of halogens is 1. The van der Waals surface area contributed by atoms with E-state index < -0.39 is 0 Å². The normalized spacial score (nSPS) is 12.2. The number of hydrogen-bond acceptors (Lipinski definition) is 5. The number of para-hydroxylation sites is 1. The molecule has 136 valence electrons. The molecule has 1 N–H and O–H groups in total. The van der Waals surface area contributed by atoms with Crippen molar-refractivity contribution in [2.24, 2.45) is 13.0 Å². The van der Waals surface area contributed by atoms with Crippen LogP contribution in [0.5, 0.6) is 5.75 Å². The monoisotopic (exact) mass is 382 g/mol. The van der Waals surface area contributed by atoms with E-state index in [4.69, 9.17) is 16.3 Å². The first kappa shape index (κ1) is 19.6. The summed E-state index contributed by atoms with van der Waals surface area (Å²) in [6.45, 7) is 6.90. The smallest absolute Gasteiger partial charge is 0.233 e. The second kappa shape index (κ2) is 9.10. The molecule has 1 aromatic carbocycles. The van der Waals surface area contributed by atoms with Gasteiger partial charge in [0.1, 0.15) is 12.4 Å².